The fraction of sp³-hybridized carbons (Fsp3) is 0.556. The van der Waals surface area contributed by atoms with E-state index in [1.165, 1.54) is 4.68 Å². The molecule has 15 heavy (non-hydrogen) atoms. The second-order valence-electron chi connectivity index (χ2n) is 3.08. The second-order valence-corrected chi connectivity index (χ2v) is 3.46. The maximum Gasteiger partial charge on any atom is 0.287 e. The summed E-state index contributed by atoms with van der Waals surface area (Å²) in [7, 11) is 1.57. The number of rotatable bonds is 5. The average Bonchev–Trinajstić information content (AvgIpc) is 2.24. The summed E-state index contributed by atoms with van der Waals surface area (Å²) in [4.78, 5) is 11.4. The highest BCUT2D eigenvalue weighted by Gasteiger charge is 2.05. The first-order valence-electron chi connectivity index (χ1n) is 4.83. The van der Waals surface area contributed by atoms with Crippen LogP contribution in [0.2, 0.25) is 5.02 Å². The zero-order valence-corrected chi connectivity index (χ0v) is 9.64. The lowest BCUT2D eigenvalue weighted by Crippen LogP contribution is -2.24. The lowest BCUT2D eigenvalue weighted by Gasteiger charge is -2.08. The maximum atomic E-state index is 11.4. The van der Waals surface area contributed by atoms with Gasteiger partial charge < -0.3 is 10.6 Å². The number of nitrogens with zero attached hydrogens (tertiary/aromatic N) is 2. The van der Waals surface area contributed by atoms with Crippen LogP contribution in [0, 0.1) is 0 Å². The van der Waals surface area contributed by atoms with Gasteiger partial charge in [0, 0.05) is 20.1 Å². The van der Waals surface area contributed by atoms with Crippen LogP contribution >= 0.6 is 11.6 Å². The van der Waals surface area contributed by atoms with Crippen molar-refractivity contribution in [2.24, 2.45) is 7.05 Å². The van der Waals surface area contributed by atoms with Crippen LogP contribution < -0.4 is 16.2 Å². The minimum absolute atomic E-state index is 0.184. The largest absolute Gasteiger partial charge is 0.381 e. The summed E-state index contributed by atoms with van der Waals surface area (Å²) in [6, 6.07) is 0. The molecular formula is C9H15ClN4O. The van der Waals surface area contributed by atoms with Crippen LogP contribution in [0.5, 0.6) is 0 Å². The molecular weight excluding hydrogens is 216 g/mol. The van der Waals surface area contributed by atoms with Crippen LogP contribution in [0.4, 0.5) is 5.69 Å². The Labute approximate surface area is 93.4 Å². The van der Waals surface area contributed by atoms with Crippen molar-refractivity contribution < 1.29 is 0 Å². The molecule has 0 atom stereocenters. The van der Waals surface area contributed by atoms with Crippen molar-refractivity contribution in [3.63, 3.8) is 0 Å². The predicted octanol–water partition coefficient (Wildman–Crippen LogP) is 0.455. The minimum Gasteiger partial charge on any atom is -0.381 e. The maximum absolute atomic E-state index is 11.4. The van der Waals surface area contributed by atoms with Gasteiger partial charge in [0.2, 0.25) is 0 Å². The summed E-state index contributed by atoms with van der Waals surface area (Å²) < 4.78 is 1.21. The molecule has 0 saturated heterocycles. The number of hydrogen-bond acceptors (Lipinski definition) is 4. The van der Waals surface area contributed by atoms with Gasteiger partial charge in [-0.1, -0.05) is 18.5 Å². The van der Waals surface area contributed by atoms with E-state index < -0.39 is 0 Å². The van der Waals surface area contributed by atoms with Crippen molar-refractivity contribution >= 4 is 17.3 Å². The van der Waals surface area contributed by atoms with E-state index in [1.54, 1.807) is 13.2 Å². The van der Waals surface area contributed by atoms with E-state index in [-0.39, 0.29) is 10.6 Å². The number of aromatic nitrogens is 2. The van der Waals surface area contributed by atoms with E-state index in [9.17, 15) is 4.79 Å². The van der Waals surface area contributed by atoms with Gasteiger partial charge >= 0.3 is 0 Å². The second kappa shape index (κ2) is 5.72. The highest BCUT2D eigenvalue weighted by Crippen LogP contribution is 2.13. The zero-order chi connectivity index (χ0) is 11.3. The van der Waals surface area contributed by atoms with Gasteiger partial charge in [-0.15, -0.1) is 0 Å². The average molecular weight is 231 g/mol. The Balaban J connectivity index is 2.62. The fourth-order valence-electron chi connectivity index (χ4n) is 1.10. The number of halogens is 1. The Kier molecular flexibility index (Phi) is 4.58. The summed E-state index contributed by atoms with van der Waals surface area (Å²) in [5, 5.41) is 10.3. The Morgan fingerprint density at radius 1 is 1.53 bits per heavy atom. The van der Waals surface area contributed by atoms with Gasteiger partial charge in [0.15, 0.2) is 0 Å². The highest BCUT2D eigenvalue weighted by atomic mass is 35.5. The van der Waals surface area contributed by atoms with Crippen molar-refractivity contribution in [2.75, 3.05) is 25.0 Å². The SMILES string of the molecule is CCNCCNc1cnn(C)c(=O)c1Cl. The number of likely N-dealkylation sites (N-methyl/N-ethyl adjacent to an activating group) is 1. The Hall–Kier alpha value is -1.07. The smallest absolute Gasteiger partial charge is 0.287 e. The topological polar surface area (TPSA) is 59.0 Å². The number of aryl methyl sites for hydroxylation is 1. The zero-order valence-electron chi connectivity index (χ0n) is 8.88. The minimum atomic E-state index is -0.287. The van der Waals surface area contributed by atoms with Gasteiger partial charge in [-0.25, -0.2) is 4.68 Å². The Morgan fingerprint density at radius 2 is 2.27 bits per heavy atom. The summed E-state index contributed by atoms with van der Waals surface area (Å²) in [6.07, 6.45) is 1.55. The molecule has 0 fully saturated rings. The molecule has 6 heteroatoms. The number of nitrogens with one attached hydrogen (secondary N) is 2. The number of hydrogen-bond donors (Lipinski definition) is 2. The third-order valence-electron chi connectivity index (χ3n) is 1.95. The van der Waals surface area contributed by atoms with Crippen LogP contribution in [0.3, 0.4) is 0 Å². The standard InChI is InChI=1S/C9H15ClN4O/c1-3-11-4-5-12-7-6-13-14(2)9(15)8(7)10/h6,11-12H,3-5H2,1-2H3. The first-order valence-corrected chi connectivity index (χ1v) is 5.21. The molecule has 0 aliphatic rings. The number of anilines is 1. The molecule has 1 aromatic heterocycles. The van der Waals surface area contributed by atoms with Gasteiger partial charge in [-0.05, 0) is 6.54 Å². The summed E-state index contributed by atoms with van der Waals surface area (Å²) in [5.74, 6) is 0. The Bertz CT molecular complexity index is 377. The molecule has 1 heterocycles. The monoisotopic (exact) mass is 230 g/mol. The van der Waals surface area contributed by atoms with E-state index in [4.69, 9.17) is 11.6 Å². The van der Waals surface area contributed by atoms with E-state index in [0.717, 1.165) is 13.1 Å². The molecule has 0 bridgehead atoms. The summed E-state index contributed by atoms with van der Waals surface area (Å²) in [6.45, 7) is 4.49. The van der Waals surface area contributed by atoms with Crippen molar-refractivity contribution in [1.29, 1.82) is 0 Å². The molecule has 0 spiro atoms. The van der Waals surface area contributed by atoms with Gasteiger partial charge in [-0.3, -0.25) is 4.79 Å². The lowest BCUT2D eigenvalue weighted by atomic mass is 10.4. The van der Waals surface area contributed by atoms with Gasteiger partial charge in [-0.2, -0.15) is 5.10 Å². The van der Waals surface area contributed by atoms with Crippen molar-refractivity contribution in [3.05, 3.63) is 21.6 Å². The van der Waals surface area contributed by atoms with E-state index >= 15 is 0 Å². The molecule has 0 saturated carbocycles. The summed E-state index contributed by atoms with van der Waals surface area (Å²) >= 11 is 5.86. The normalized spacial score (nSPS) is 10.3. The van der Waals surface area contributed by atoms with E-state index in [2.05, 4.69) is 15.7 Å². The molecule has 2 N–H and O–H groups in total. The molecule has 1 aromatic rings. The van der Waals surface area contributed by atoms with Crippen LogP contribution in [0.15, 0.2) is 11.0 Å². The first-order chi connectivity index (χ1) is 7.16. The van der Waals surface area contributed by atoms with Crippen LogP contribution in [0.1, 0.15) is 6.92 Å². The molecule has 0 aromatic carbocycles. The molecule has 0 radical (unpaired) electrons. The van der Waals surface area contributed by atoms with Crippen molar-refractivity contribution in [2.45, 2.75) is 6.92 Å². The van der Waals surface area contributed by atoms with Crippen molar-refractivity contribution in [1.82, 2.24) is 15.1 Å². The third-order valence-corrected chi connectivity index (χ3v) is 2.31. The van der Waals surface area contributed by atoms with Gasteiger partial charge in [0.1, 0.15) is 5.02 Å². The quantitative estimate of drug-likeness (QED) is 0.722. The van der Waals surface area contributed by atoms with Crippen molar-refractivity contribution in [3.8, 4) is 0 Å². The predicted molar refractivity (Wildman–Crippen MR) is 61.5 cm³/mol. The van der Waals surface area contributed by atoms with Crippen LogP contribution in [-0.2, 0) is 7.05 Å². The molecule has 0 amide bonds. The van der Waals surface area contributed by atoms with Crippen LogP contribution in [0.25, 0.3) is 0 Å². The molecule has 5 nitrogen and oxygen atoms in total. The van der Waals surface area contributed by atoms with E-state index in [0.29, 0.717) is 12.2 Å². The molecule has 0 aliphatic carbocycles. The van der Waals surface area contributed by atoms with Crippen LogP contribution in [-0.4, -0.2) is 29.4 Å². The van der Waals surface area contributed by atoms with E-state index in [1.807, 2.05) is 6.92 Å². The summed E-state index contributed by atoms with van der Waals surface area (Å²) in [5.41, 5.74) is 0.294. The van der Waals surface area contributed by atoms with Gasteiger partial charge in [0.05, 0.1) is 11.9 Å². The lowest BCUT2D eigenvalue weighted by molar-refractivity contribution is 0.705. The molecule has 84 valence electrons. The fourth-order valence-corrected chi connectivity index (χ4v) is 1.33. The third kappa shape index (κ3) is 3.21. The first kappa shape index (κ1) is 12.0. The molecule has 0 unspecified atom stereocenters. The molecule has 0 aliphatic heterocycles. The van der Waals surface area contributed by atoms with Gasteiger partial charge in [0.25, 0.3) is 5.56 Å². The Morgan fingerprint density at radius 3 is 2.93 bits per heavy atom. The highest BCUT2D eigenvalue weighted by molar-refractivity contribution is 6.32. The molecule has 1 rings (SSSR count).